The molecule has 1 N–H and O–H groups in total. The number of carbonyl (C=O) groups is 1. The Balaban J connectivity index is 1.85. The maximum Gasteiger partial charge on any atom is 0.175 e. The van der Waals surface area contributed by atoms with E-state index < -0.39 is 11.9 Å². The topological polar surface area (TPSA) is 38.3 Å². The Kier molecular flexibility index (Phi) is 3.94. The molecule has 0 saturated heterocycles. The molecule has 3 rings (SSSR count). The molecule has 1 fully saturated rings. The third-order valence-electron chi connectivity index (χ3n) is 4.32. The van der Waals surface area contributed by atoms with Crippen LogP contribution in [0.5, 0.6) is 5.75 Å². The number of allylic oxidation sites excluding steroid dienone is 1. The predicted octanol–water partition coefficient (Wildman–Crippen LogP) is 3.84. The summed E-state index contributed by atoms with van der Waals surface area (Å²) < 4.78 is 19.1. The van der Waals surface area contributed by atoms with Crippen LogP contribution in [-0.2, 0) is 4.79 Å². The molecule has 0 spiro atoms. The number of hydrogen-bond acceptors (Lipinski definition) is 3. The van der Waals surface area contributed by atoms with Gasteiger partial charge in [0.25, 0.3) is 0 Å². The number of halogens is 1. The fourth-order valence-electron chi connectivity index (χ4n) is 3.18. The van der Waals surface area contributed by atoms with Crippen LogP contribution >= 0.6 is 0 Å². The molecule has 1 aromatic carbocycles. The zero-order chi connectivity index (χ0) is 15.7. The number of alkyl halides is 1. The lowest BCUT2D eigenvalue weighted by Crippen LogP contribution is -2.46. The van der Waals surface area contributed by atoms with Gasteiger partial charge in [-0.05, 0) is 51.7 Å². The van der Waals surface area contributed by atoms with Crippen LogP contribution in [-0.4, -0.2) is 17.7 Å². The third-order valence-corrected chi connectivity index (χ3v) is 4.32. The molecule has 22 heavy (non-hydrogen) atoms. The second-order valence-electron chi connectivity index (χ2n) is 6.64. The van der Waals surface area contributed by atoms with E-state index in [0.29, 0.717) is 25.7 Å². The Bertz CT molecular complexity index is 601. The van der Waals surface area contributed by atoms with Crippen molar-refractivity contribution in [1.82, 2.24) is 5.32 Å². The molecule has 1 saturated carbocycles. The normalized spacial score (nSPS) is 28.4. The summed E-state index contributed by atoms with van der Waals surface area (Å²) in [6.45, 7) is 3.85. The average Bonchev–Trinajstić information content (AvgIpc) is 2.46. The highest BCUT2D eigenvalue weighted by Gasteiger charge is 2.30. The summed E-state index contributed by atoms with van der Waals surface area (Å²) in [6, 6.07) is 7.69. The van der Waals surface area contributed by atoms with Crippen LogP contribution in [0.15, 0.2) is 30.3 Å². The number of rotatable bonds is 2. The van der Waals surface area contributed by atoms with Crippen molar-refractivity contribution in [3.8, 4) is 5.75 Å². The molecule has 0 radical (unpaired) electrons. The molecule has 0 aromatic heterocycles. The minimum atomic E-state index is -0.738. The van der Waals surface area contributed by atoms with Crippen LogP contribution in [0.2, 0.25) is 0 Å². The van der Waals surface area contributed by atoms with E-state index in [1.807, 2.05) is 38.1 Å². The predicted molar refractivity (Wildman–Crippen MR) is 84.1 cm³/mol. The standard InChI is InChI=1S/C18H22FNO2/c1-18(2)20-15(14-5-3-4-6-17(14)22-18)11-16(21)12-7-9-13(19)10-8-12/h3-6,11-13,20H,7-10H2,1-2H3/b15-11+. The number of fused-ring (bicyclic) bond motifs is 1. The third kappa shape index (κ3) is 3.16. The van der Waals surface area contributed by atoms with Crippen LogP contribution in [0.4, 0.5) is 4.39 Å². The number of hydrogen-bond donors (Lipinski definition) is 1. The summed E-state index contributed by atoms with van der Waals surface area (Å²) in [5.74, 6) is 0.805. The quantitative estimate of drug-likeness (QED) is 0.844. The van der Waals surface area contributed by atoms with Crippen molar-refractivity contribution in [3.05, 3.63) is 35.9 Å². The van der Waals surface area contributed by atoms with Crippen molar-refractivity contribution >= 4 is 11.5 Å². The molecule has 0 bridgehead atoms. The lowest BCUT2D eigenvalue weighted by Gasteiger charge is -2.36. The number of nitrogens with one attached hydrogen (secondary N) is 1. The monoisotopic (exact) mass is 303 g/mol. The van der Waals surface area contributed by atoms with Gasteiger partial charge >= 0.3 is 0 Å². The molecule has 1 heterocycles. The van der Waals surface area contributed by atoms with Gasteiger partial charge < -0.3 is 10.1 Å². The van der Waals surface area contributed by atoms with E-state index in [1.165, 1.54) is 0 Å². The number of benzene rings is 1. The number of ether oxygens (including phenoxy) is 1. The lowest BCUT2D eigenvalue weighted by molar-refractivity contribution is -0.119. The van der Waals surface area contributed by atoms with Gasteiger partial charge in [0.05, 0.1) is 5.70 Å². The molecule has 1 aromatic rings. The second kappa shape index (κ2) is 5.75. The largest absolute Gasteiger partial charge is 0.468 e. The van der Waals surface area contributed by atoms with E-state index in [9.17, 15) is 9.18 Å². The van der Waals surface area contributed by atoms with E-state index >= 15 is 0 Å². The first-order valence-electron chi connectivity index (χ1n) is 7.91. The Morgan fingerprint density at radius 2 is 1.95 bits per heavy atom. The first kappa shape index (κ1) is 15.1. The molecule has 3 nitrogen and oxygen atoms in total. The Morgan fingerprint density at radius 3 is 2.68 bits per heavy atom. The molecule has 4 heteroatoms. The van der Waals surface area contributed by atoms with Gasteiger partial charge in [-0.25, -0.2) is 4.39 Å². The molecular weight excluding hydrogens is 281 g/mol. The van der Waals surface area contributed by atoms with E-state index in [1.54, 1.807) is 6.08 Å². The molecule has 0 unspecified atom stereocenters. The molecule has 0 amide bonds. The van der Waals surface area contributed by atoms with Gasteiger partial charge in [-0.2, -0.15) is 0 Å². The number of carbonyl (C=O) groups excluding carboxylic acids is 1. The zero-order valence-electron chi connectivity index (χ0n) is 13.1. The summed E-state index contributed by atoms with van der Waals surface area (Å²) in [5, 5.41) is 3.27. The summed E-state index contributed by atoms with van der Waals surface area (Å²) in [6.07, 6.45) is 3.22. The Labute approximate surface area is 130 Å². The van der Waals surface area contributed by atoms with Crippen molar-refractivity contribution in [2.24, 2.45) is 5.92 Å². The fourth-order valence-corrected chi connectivity index (χ4v) is 3.18. The Hall–Kier alpha value is -1.84. The Morgan fingerprint density at radius 1 is 1.27 bits per heavy atom. The van der Waals surface area contributed by atoms with Gasteiger partial charge in [0.2, 0.25) is 0 Å². The van der Waals surface area contributed by atoms with Crippen molar-refractivity contribution in [2.45, 2.75) is 51.4 Å². The number of ketones is 1. The minimum absolute atomic E-state index is 0.0561. The summed E-state index contributed by atoms with van der Waals surface area (Å²) in [4.78, 5) is 12.5. The SMILES string of the molecule is CC1(C)N/C(=C/C(=O)C2CCC(F)CC2)c2ccccc2O1. The van der Waals surface area contributed by atoms with Crippen LogP contribution < -0.4 is 10.1 Å². The highest BCUT2D eigenvalue weighted by molar-refractivity contribution is 5.98. The highest BCUT2D eigenvalue weighted by atomic mass is 19.1. The molecule has 2 aliphatic rings. The van der Waals surface area contributed by atoms with E-state index in [0.717, 1.165) is 17.0 Å². The first-order valence-corrected chi connectivity index (χ1v) is 7.91. The molecule has 1 aliphatic heterocycles. The van der Waals surface area contributed by atoms with Gasteiger partial charge in [0, 0.05) is 17.6 Å². The first-order chi connectivity index (χ1) is 10.4. The summed E-state index contributed by atoms with van der Waals surface area (Å²) in [5.41, 5.74) is 1.13. The van der Waals surface area contributed by atoms with Crippen LogP contribution in [0, 0.1) is 5.92 Å². The minimum Gasteiger partial charge on any atom is -0.468 e. The van der Waals surface area contributed by atoms with Crippen molar-refractivity contribution in [3.63, 3.8) is 0 Å². The van der Waals surface area contributed by atoms with Gasteiger partial charge in [-0.1, -0.05) is 12.1 Å². The molecule has 118 valence electrons. The number of para-hydroxylation sites is 1. The second-order valence-corrected chi connectivity index (χ2v) is 6.64. The van der Waals surface area contributed by atoms with Gasteiger partial charge in [-0.15, -0.1) is 0 Å². The van der Waals surface area contributed by atoms with Crippen LogP contribution in [0.3, 0.4) is 0 Å². The van der Waals surface area contributed by atoms with Crippen LogP contribution in [0.25, 0.3) is 5.70 Å². The van der Waals surface area contributed by atoms with Crippen molar-refractivity contribution < 1.29 is 13.9 Å². The molecular formula is C18H22FNO2. The lowest BCUT2D eigenvalue weighted by atomic mass is 9.84. The van der Waals surface area contributed by atoms with Gasteiger partial charge in [0.15, 0.2) is 11.5 Å². The van der Waals surface area contributed by atoms with E-state index in [2.05, 4.69) is 5.32 Å². The summed E-state index contributed by atoms with van der Waals surface area (Å²) >= 11 is 0. The highest BCUT2D eigenvalue weighted by Crippen LogP contribution is 2.34. The van der Waals surface area contributed by atoms with Crippen molar-refractivity contribution in [2.75, 3.05) is 0 Å². The van der Waals surface area contributed by atoms with Crippen molar-refractivity contribution in [1.29, 1.82) is 0 Å². The molecule has 0 atom stereocenters. The maximum atomic E-state index is 13.2. The zero-order valence-corrected chi connectivity index (χ0v) is 13.1. The fraction of sp³-hybridized carbons (Fsp3) is 0.500. The maximum absolute atomic E-state index is 13.2. The molecule has 1 aliphatic carbocycles. The van der Waals surface area contributed by atoms with E-state index in [4.69, 9.17) is 4.74 Å². The average molecular weight is 303 g/mol. The van der Waals surface area contributed by atoms with Gasteiger partial charge in [-0.3, -0.25) is 4.79 Å². The smallest absolute Gasteiger partial charge is 0.175 e. The van der Waals surface area contributed by atoms with Crippen LogP contribution in [0.1, 0.15) is 45.1 Å². The van der Waals surface area contributed by atoms with E-state index in [-0.39, 0.29) is 11.7 Å². The van der Waals surface area contributed by atoms with Gasteiger partial charge in [0.1, 0.15) is 11.9 Å². The summed E-state index contributed by atoms with van der Waals surface area (Å²) in [7, 11) is 0.